The molecule has 0 aliphatic heterocycles. The lowest BCUT2D eigenvalue weighted by molar-refractivity contribution is -0.115. The number of carbonyl (C=O) groups is 1. The summed E-state index contributed by atoms with van der Waals surface area (Å²) in [6, 6.07) is 5.50. The van der Waals surface area contributed by atoms with E-state index in [1.807, 2.05) is 31.4 Å². The van der Waals surface area contributed by atoms with Gasteiger partial charge in [-0.25, -0.2) is 0 Å². The molecular formula is C13H16N4OS3. The van der Waals surface area contributed by atoms with Gasteiger partial charge in [-0.05, 0) is 30.9 Å². The summed E-state index contributed by atoms with van der Waals surface area (Å²) in [4.78, 5) is 11.9. The predicted molar refractivity (Wildman–Crippen MR) is 91.3 cm³/mol. The quantitative estimate of drug-likeness (QED) is 0.620. The van der Waals surface area contributed by atoms with Gasteiger partial charge in [0.25, 0.3) is 0 Å². The largest absolute Gasteiger partial charge is 0.398 e. The molecule has 1 amide bonds. The molecule has 1 aromatic heterocycles. The number of nitrogens with one attached hydrogen (secondary N) is 1. The molecule has 2 aromatic rings. The van der Waals surface area contributed by atoms with Gasteiger partial charge in [0, 0.05) is 23.5 Å². The Kier molecular flexibility index (Phi) is 5.89. The monoisotopic (exact) mass is 340 g/mol. The van der Waals surface area contributed by atoms with Crippen LogP contribution in [0.1, 0.15) is 12.0 Å². The van der Waals surface area contributed by atoms with E-state index in [0.29, 0.717) is 17.9 Å². The Bertz CT molecular complexity index is 630. The van der Waals surface area contributed by atoms with Crippen LogP contribution in [0.4, 0.5) is 11.4 Å². The molecule has 5 nitrogen and oxygen atoms in total. The van der Waals surface area contributed by atoms with Gasteiger partial charge in [-0.15, -0.1) is 10.2 Å². The molecule has 0 fully saturated rings. The molecule has 3 N–H and O–H groups in total. The van der Waals surface area contributed by atoms with Crippen LogP contribution in [-0.2, 0) is 4.79 Å². The fraction of sp³-hybridized carbons (Fsp3) is 0.308. The SMILES string of the molecule is CSc1nnc(SCCC(=O)Nc2cccc(N)c2C)s1. The van der Waals surface area contributed by atoms with Gasteiger partial charge in [-0.1, -0.05) is 40.9 Å². The van der Waals surface area contributed by atoms with E-state index in [1.165, 1.54) is 0 Å². The van der Waals surface area contributed by atoms with E-state index >= 15 is 0 Å². The number of rotatable bonds is 6. The first kappa shape index (κ1) is 16.1. The Morgan fingerprint density at radius 2 is 2.14 bits per heavy atom. The topological polar surface area (TPSA) is 80.9 Å². The fourth-order valence-electron chi connectivity index (χ4n) is 1.57. The van der Waals surface area contributed by atoms with Crippen LogP contribution >= 0.6 is 34.9 Å². The van der Waals surface area contributed by atoms with Crippen LogP contribution in [0.15, 0.2) is 26.9 Å². The normalized spacial score (nSPS) is 10.6. The van der Waals surface area contributed by atoms with Crippen LogP contribution in [0.5, 0.6) is 0 Å². The lowest BCUT2D eigenvalue weighted by Crippen LogP contribution is -2.13. The van der Waals surface area contributed by atoms with Crippen molar-refractivity contribution in [2.45, 2.75) is 22.0 Å². The first-order valence-electron chi connectivity index (χ1n) is 6.25. The average Bonchev–Trinajstić information content (AvgIpc) is 2.92. The molecule has 2 rings (SSSR count). The van der Waals surface area contributed by atoms with Gasteiger partial charge in [-0.3, -0.25) is 4.79 Å². The third-order valence-corrected chi connectivity index (χ3v) is 5.80. The van der Waals surface area contributed by atoms with E-state index in [2.05, 4.69) is 15.5 Å². The molecule has 0 atom stereocenters. The molecule has 21 heavy (non-hydrogen) atoms. The van der Waals surface area contributed by atoms with Crippen LogP contribution in [0, 0.1) is 6.92 Å². The van der Waals surface area contributed by atoms with Crippen molar-refractivity contribution < 1.29 is 4.79 Å². The van der Waals surface area contributed by atoms with Crippen molar-refractivity contribution >= 4 is 52.1 Å². The molecule has 112 valence electrons. The molecule has 0 saturated carbocycles. The highest BCUT2D eigenvalue weighted by molar-refractivity contribution is 8.02. The number of hydrogen-bond acceptors (Lipinski definition) is 7. The maximum absolute atomic E-state index is 11.9. The highest BCUT2D eigenvalue weighted by atomic mass is 32.2. The minimum atomic E-state index is -0.0224. The van der Waals surface area contributed by atoms with Crippen molar-refractivity contribution in [1.82, 2.24) is 10.2 Å². The lowest BCUT2D eigenvalue weighted by Gasteiger charge is -2.09. The van der Waals surface area contributed by atoms with Gasteiger partial charge in [0.15, 0.2) is 8.68 Å². The first-order chi connectivity index (χ1) is 10.1. The summed E-state index contributed by atoms with van der Waals surface area (Å²) in [5, 5.41) is 11.0. The zero-order chi connectivity index (χ0) is 15.2. The maximum atomic E-state index is 11.9. The van der Waals surface area contributed by atoms with Crippen molar-refractivity contribution in [3.05, 3.63) is 23.8 Å². The molecule has 8 heteroatoms. The smallest absolute Gasteiger partial charge is 0.225 e. The molecule has 1 aromatic carbocycles. The van der Waals surface area contributed by atoms with Crippen molar-refractivity contribution in [3.8, 4) is 0 Å². The summed E-state index contributed by atoms with van der Waals surface area (Å²) in [6.45, 7) is 1.89. The Morgan fingerprint density at radius 3 is 2.86 bits per heavy atom. The average molecular weight is 340 g/mol. The van der Waals surface area contributed by atoms with Gasteiger partial charge in [-0.2, -0.15) is 0 Å². The van der Waals surface area contributed by atoms with Gasteiger partial charge in [0.05, 0.1) is 0 Å². The van der Waals surface area contributed by atoms with Gasteiger partial charge >= 0.3 is 0 Å². The number of carbonyl (C=O) groups excluding carboxylic acids is 1. The number of anilines is 2. The Morgan fingerprint density at radius 1 is 1.38 bits per heavy atom. The summed E-state index contributed by atoms with van der Waals surface area (Å²) in [6.07, 6.45) is 2.39. The minimum absolute atomic E-state index is 0.0224. The van der Waals surface area contributed by atoms with E-state index in [-0.39, 0.29) is 5.91 Å². The summed E-state index contributed by atoms with van der Waals surface area (Å²) >= 11 is 4.67. The van der Waals surface area contributed by atoms with Crippen molar-refractivity contribution in [2.24, 2.45) is 0 Å². The number of benzene rings is 1. The second-order valence-electron chi connectivity index (χ2n) is 4.20. The van der Waals surface area contributed by atoms with Gasteiger partial charge in [0.2, 0.25) is 5.91 Å². The summed E-state index contributed by atoms with van der Waals surface area (Å²) in [5.74, 6) is 0.654. The van der Waals surface area contributed by atoms with Crippen LogP contribution in [0.2, 0.25) is 0 Å². The van der Waals surface area contributed by atoms with Crippen LogP contribution in [0.3, 0.4) is 0 Å². The van der Waals surface area contributed by atoms with Crippen LogP contribution < -0.4 is 11.1 Å². The van der Waals surface area contributed by atoms with E-state index in [0.717, 1.165) is 19.9 Å². The molecule has 0 unspecified atom stereocenters. The molecule has 0 aliphatic rings. The Balaban J connectivity index is 1.81. The number of nitrogens with two attached hydrogens (primary N) is 1. The summed E-state index contributed by atoms with van der Waals surface area (Å²) < 4.78 is 1.84. The van der Waals surface area contributed by atoms with Crippen LogP contribution in [-0.4, -0.2) is 28.1 Å². The number of hydrogen-bond donors (Lipinski definition) is 2. The standard InChI is InChI=1S/C13H16N4OS3/c1-8-9(14)4-3-5-10(8)15-11(18)6-7-20-13-17-16-12(19-2)21-13/h3-5H,6-7,14H2,1-2H3,(H,15,18). The third-order valence-electron chi connectivity index (χ3n) is 2.77. The first-order valence-corrected chi connectivity index (χ1v) is 9.28. The number of nitrogen functional groups attached to an aromatic ring is 1. The highest BCUT2D eigenvalue weighted by Gasteiger charge is 2.08. The number of thioether (sulfide) groups is 2. The van der Waals surface area contributed by atoms with Crippen LogP contribution in [0.25, 0.3) is 0 Å². The van der Waals surface area contributed by atoms with E-state index in [9.17, 15) is 4.79 Å². The summed E-state index contributed by atoms with van der Waals surface area (Å²) in [5.41, 5.74) is 8.16. The van der Waals surface area contributed by atoms with Gasteiger partial charge in [0.1, 0.15) is 0 Å². The zero-order valence-electron chi connectivity index (χ0n) is 11.8. The van der Waals surface area contributed by atoms with E-state index in [1.54, 1.807) is 34.9 Å². The molecule has 0 aliphatic carbocycles. The Hall–Kier alpha value is -1.25. The fourth-order valence-corrected chi connectivity index (χ4v) is 4.02. The van der Waals surface area contributed by atoms with E-state index in [4.69, 9.17) is 5.73 Å². The van der Waals surface area contributed by atoms with Gasteiger partial charge < -0.3 is 11.1 Å². The Labute approximate surface area is 136 Å². The van der Waals surface area contributed by atoms with Crippen molar-refractivity contribution in [2.75, 3.05) is 23.1 Å². The number of aromatic nitrogens is 2. The van der Waals surface area contributed by atoms with Crippen molar-refractivity contribution in [3.63, 3.8) is 0 Å². The van der Waals surface area contributed by atoms with E-state index < -0.39 is 0 Å². The highest BCUT2D eigenvalue weighted by Crippen LogP contribution is 2.27. The third kappa shape index (κ3) is 4.62. The zero-order valence-corrected chi connectivity index (χ0v) is 14.2. The second kappa shape index (κ2) is 7.67. The van der Waals surface area contributed by atoms with Crippen molar-refractivity contribution in [1.29, 1.82) is 0 Å². The number of nitrogens with zero attached hydrogens (tertiary/aromatic N) is 2. The number of amides is 1. The maximum Gasteiger partial charge on any atom is 0.225 e. The molecule has 0 saturated heterocycles. The predicted octanol–water partition coefficient (Wildman–Crippen LogP) is 3.27. The lowest BCUT2D eigenvalue weighted by atomic mass is 10.1. The molecule has 0 spiro atoms. The molecular weight excluding hydrogens is 324 g/mol. The molecule has 0 bridgehead atoms. The minimum Gasteiger partial charge on any atom is -0.398 e. The molecule has 1 heterocycles. The summed E-state index contributed by atoms with van der Waals surface area (Å²) in [7, 11) is 0. The second-order valence-corrected chi connectivity index (χ2v) is 7.58. The molecule has 0 radical (unpaired) electrons.